The maximum Gasteiger partial charge on any atom is 0.163 e. The minimum Gasteiger partial charge on any atom is -0.294 e. The van der Waals surface area contributed by atoms with E-state index < -0.39 is 0 Å². The standard InChI is InChI=1S/C13H16O/c1-3-10-8-7-9(2)11-5-4-6-12(14)13(10)11/h7-8H,3-6H2,1-2H3. The summed E-state index contributed by atoms with van der Waals surface area (Å²) < 4.78 is 0. The van der Waals surface area contributed by atoms with E-state index in [1.54, 1.807) is 0 Å². The largest absolute Gasteiger partial charge is 0.294 e. The van der Waals surface area contributed by atoms with Gasteiger partial charge in [-0.25, -0.2) is 0 Å². The van der Waals surface area contributed by atoms with Crippen molar-refractivity contribution in [2.75, 3.05) is 0 Å². The normalized spacial score (nSPS) is 15.4. The number of carbonyl (C=O) groups is 1. The lowest BCUT2D eigenvalue weighted by atomic mass is 9.84. The third-order valence-corrected chi connectivity index (χ3v) is 3.12. The number of Topliss-reactive ketones (excluding diaryl/α,β-unsaturated/α-hetero) is 1. The summed E-state index contributed by atoms with van der Waals surface area (Å²) in [5.41, 5.74) is 4.86. The van der Waals surface area contributed by atoms with E-state index in [1.165, 1.54) is 16.7 Å². The molecule has 1 aromatic rings. The summed E-state index contributed by atoms with van der Waals surface area (Å²) in [6.45, 7) is 4.23. The molecule has 0 bridgehead atoms. The molecule has 74 valence electrons. The Morgan fingerprint density at radius 3 is 2.79 bits per heavy atom. The van der Waals surface area contributed by atoms with Gasteiger partial charge >= 0.3 is 0 Å². The predicted molar refractivity (Wildman–Crippen MR) is 57.8 cm³/mol. The van der Waals surface area contributed by atoms with Crippen LogP contribution in [0.5, 0.6) is 0 Å². The van der Waals surface area contributed by atoms with Crippen molar-refractivity contribution in [3.63, 3.8) is 0 Å². The summed E-state index contributed by atoms with van der Waals surface area (Å²) >= 11 is 0. The van der Waals surface area contributed by atoms with Crippen molar-refractivity contribution in [1.82, 2.24) is 0 Å². The molecule has 1 heteroatoms. The smallest absolute Gasteiger partial charge is 0.163 e. The number of hydrogen-bond acceptors (Lipinski definition) is 1. The molecule has 0 unspecified atom stereocenters. The van der Waals surface area contributed by atoms with Crippen molar-refractivity contribution in [1.29, 1.82) is 0 Å². The van der Waals surface area contributed by atoms with E-state index in [2.05, 4.69) is 26.0 Å². The van der Waals surface area contributed by atoms with E-state index in [0.29, 0.717) is 5.78 Å². The molecular formula is C13H16O. The molecule has 0 radical (unpaired) electrons. The Balaban J connectivity index is 2.64. The lowest BCUT2D eigenvalue weighted by Crippen LogP contribution is -2.14. The van der Waals surface area contributed by atoms with E-state index in [-0.39, 0.29) is 0 Å². The van der Waals surface area contributed by atoms with Gasteiger partial charge in [-0.2, -0.15) is 0 Å². The molecule has 1 aliphatic carbocycles. The van der Waals surface area contributed by atoms with Crippen LogP contribution in [-0.2, 0) is 12.8 Å². The van der Waals surface area contributed by atoms with Crippen LogP contribution in [0.2, 0.25) is 0 Å². The average molecular weight is 188 g/mol. The number of fused-ring (bicyclic) bond motifs is 1. The second-order valence-electron chi connectivity index (χ2n) is 4.03. The van der Waals surface area contributed by atoms with Crippen LogP contribution in [-0.4, -0.2) is 5.78 Å². The molecule has 0 spiro atoms. The first-order chi connectivity index (χ1) is 6.74. The summed E-state index contributed by atoms with van der Waals surface area (Å²) in [6, 6.07) is 4.26. The molecule has 1 aliphatic rings. The number of ketones is 1. The molecule has 14 heavy (non-hydrogen) atoms. The van der Waals surface area contributed by atoms with Gasteiger partial charge in [0.25, 0.3) is 0 Å². The second kappa shape index (κ2) is 3.56. The SMILES string of the molecule is CCc1ccc(C)c2c1C(=O)CCC2. The Kier molecular flexibility index (Phi) is 2.40. The van der Waals surface area contributed by atoms with E-state index >= 15 is 0 Å². The molecule has 0 fully saturated rings. The molecule has 0 saturated carbocycles. The maximum absolute atomic E-state index is 11.8. The van der Waals surface area contributed by atoms with E-state index in [0.717, 1.165) is 31.2 Å². The Bertz CT molecular complexity index is 377. The molecule has 0 heterocycles. The zero-order valence-electron chi connectivity index (χ0n) is 8.89. The number of hydrogen-bond donors (Lipinski definition) is 0. The molecule has 0 aromatic heterocycles. The summed E-state index contributed by atoms with van der Waals surface area (Å²) in [5.74, 6) is 0.354. The van der Waals surface area contributed by atoms with Crippen molar-refractivity contribution in [3.05, 3.63) is 34.4 Å². The van der Waals surface area contributed by atoms with Gasteiger partial charge in [-0.1, -0.05) is 19.1 Å². The third-order valence-electron chi connectivity index (χ3n) is 3.12. The summed E-state index contributed by atoms with van der Waals surface area (Å²) in [7, 11) is 0. The molecule has 1 nitrogen and oxygen atoms in total. The van der Waals surface area contributed by atoms with Gasteiger partial charge in [-0.15, -0.1) is 0 Å². The van der Waals surface area contributed by atoms with E-state index in [4.69, 9.17) is 0 Å². The molecule has 0 N–H and O–H groups in total. The Labute approximate surface area is 85.1 Å². The van der Waals surface area contributed by atoms with Gasteiger partial charge in [0.05, 0.1) is 0 Å². The van der Waals surface area contributed by atoms with Gasteiger partial charge in [0.2, 0.25) is 0 Å². The van der Waals surface area contributed by atoms with Crippen molar-refractivity contribution in [2.24, 2.45) is 0 Å². The number of carbonyl (C=O) groups excluding carboxylic acids is 1. The summed E-state index contributed by atoms with van der Waals surface area (Å²) in [6.07, 6.45) is 3.82. The molecule has 0 amide bonds. The van der Waals surface area contributed by atoms with Crippen molar-refractivity contribution >= 4 is 5.78 Å². The molecular weight excluding hydrogens is 172 g/mol. The Morgan fingerprint density at radius 2 is 2.07 bits per heavy atom. The fourth-order valence-corrected chi connectivity index (χ4v) is 2.32. The summed E-state index contributed by atoms with van der Waals surface area (Å²) in [4.78, 5) is 11.8. The van der Waals surface area contributed by atoms with Crippen LogP contribution in [0.15, 0.2) is 12.1 Å². The van der Waals surface area contributed by atoms with Crippen molar-refractivity contribution in [2.45, 2.75) is 39.5 Å². The monoisotopic (exact) mass is 188 g/mol. The molecule has 2 rings (SSSR count). The van der Waals surface area contributed by atoms with Crippen LogP contribution < -0.4 is 0 Å². The van der Waals surface area contributed by atoms with Crippen molar-refractivity contribution in [3.8, 4) is 0 Å². The third kappa shape index (κ3) is 1.37. The maximum atomic E-state index is 11.8. The number of rotatable bonds is 1. The summed E-state index contributed by atoms with van der Waals surface area (Å²) in [5, 5.41) is 0. The van der Waals surface area contributed by atoms with Gasteiger partial charge in [0.1, 0.15) is 0 Å². The van der Waals surface area contributed by atoms with Crippen LogP contribution in [0, 0.1) is 6.92 Å². The van der Waals surface area contributed by atoms with E-state index in [1.807, 2.05) is 0 Å². The van der Waals surface area contributed by atoms with Gasteiger partial charge in [-0.3, -0.25) is 4.79 Å². The highest BCUT2D eigenvalue weighted by Gasteiger charge is 2.20. The molecule has 0 saturated heterocycles. The highest BCUT2D eigenvalue weighted by atomic mass is 16.1. The Morgan fingerprint density at radius 1 is 1.29 bits per heavy atom. The minimum atomic E-state index is 0.354. The Hall–Kier alpha value is -1.11. The topological polar surface area (TPSA) is 17.1 Å². The molecule has 0 aliphatic heterocycles. The highest BCUT2D eigenvalue weighted by Crippen LogP contribution is 2.27. The average Bonchev–Trinajstić information content (AvgIpc) is 2.20. The minimum absolute atomic E-state index is 0.354. The lowest BCUT2D eigenvalue weighted by Gasteiger charge is -2.19. The number of benzene rings is 1. The molecule has 1 aromatic carbocycles. The highest BCUT2D eigenvalue weighted by molar-refractivity contribution is 6.00. The van der Waals surface area contributed by atoms with Crippen LogP contribution in [0.25, 0.3) is 0 Å². The number of aryl methyl sites for hydroxylation is 2. The first-order valence-electron chi connectivity index (χ1n) is 5.38. The van der Waals surface area contributed by atoms with Gasteiger partial charge in [0.15, 0.2) is 5.78 Å². The van der Waals surface area contributed by atoms with Crippen LogP contribution in [0.4, 0.5) is 0 Å². The first-order valence-corrected chi connectivity index (χ1v) is 5.38. The van der Waals surface area contributed by atoms with Crippen LogP contribution in [0.1, 0.15) is 46.8 Å². The first kappa shape index (κ1) is 9.45. The fraction of sp³-hybridized carbons (Fsp3) is 0.462. The van der Waals surface area contributed by atoms with Gasteiger partial charge in [0, 0.05) is 12.0 Å². The predicted octanol–water partition coefficient (Wildman–Crippen LogP) is 3.08. The van der Waals surface area contributed by atoms with E-state index in [9.17, 15) is 4.79 Å². The van der Waals surface area contributed by atoms with Crippen molar-refractivity contribution < 1.29 is 4.79 Å². The van der Waals surface area contributed by atoms with Crippen LogP contribution >= 0.6 is 0 Å². The second-order valence-corrected chi connectivity index (χ2v) is 4.03. The van der Waals surface area contributed by atoms with Gasteiger partial charge in [-0.05, 0) is 42.9 Å². The zero-order valence-corrected chi connectivity index (χ0v) is 8.89. The zero-order chi connectivity index (χ0) is 10.1. The molecule has 0 atom stereocenters. The lowest BCUT2D eigenvalue weighted by molar-refractivity contribution is 0.0971. The van der Waals surface area contributed by atoms with Crippen LogP contribution in [0.3, 0.4) is 0 Å². The quantitative estimate of drug-likeness (QED) is 0.662. The van der Waals surface area contributed by atoms with Gasteiger partial charge < -0.3 is 0 Å². The fourth-order valence-electron chi connectivity index (χ4n) is 2.32.